The second-order valence-electron chi connectivity index (χ2n) is 5.02. The molecular weight excluding hydrogens is 322 g/mol. The number of nitrogens with zero attached hydrogens (tertiary/aromatic N) is 6. The number of aromatic nitrogens is 5. The Morgan fingerprint density at radius 2 is 2.09 bits per heavy atom. The van der Waals surface area contributed by atoms with Gasteiger partial charge in [-0.05, 0) is 19.4 Å². The molecule has 0 radical (unpaired) electrons. The molecule has 0 unspecified atom stereocenters. The maximum absolute atomic E-state index is 11.2. The summed E-state index contributed by atoms with van der Waals surface area (Å²) in [5, 5.41) is 11.4. The fraction of sp³-hybridized carbons (Fsp3) is 0.231. The van der Waals surface area contributed by atoms with Crippen LogP contribution in [0.25, 0.3) is 11.2 Å². The Kier molecular flexibility index (Phi) is 3.57. The van der Waals surface area contributed by atoms with Gasteiger partial charge in [0.15, 0.2) is 10.8 Å². The SMILES string of the molecule is Cc1ncc(Cn2cnc3c(Cl)nc(N)nc32)c(C)c1[N+](=O)[O-]. The van der Waals surface area contributed by atoms with Gasteiger partial charge in [0.1, 0.15) is 11.2 Å². The van der Waals surface area contributed by atoms with Gasteiger partial charge in [-0.3, -0.25) is 15.1 Å². The van der Waals surface area contributed by atoms with Crippen LogP contribution in [0.3, 0.4) is 0 Å². The van der Waals surface area contributed by atoms with E-state index in [1.54, 1.807) is 24.6 Å². The fourth-order valence-electron chi connectivity index (χ4n) is 2.41. The highest BCUT2D eigenvalue weighted by molar-refractivity contribution is 6.33. The number of halogens is 1. The van der Waals surface area contributed by atoms with Crippen molar-refractivity contribution in [3.05, 3.63) is 44.6 Å². The third-order valence-electron chi connectivity index (χ3n) is 3.56. The van der Waals surface area contributed by atoms with E-state index in [2.05, 4.69) is 19.9 Å². The predicted octanol–water partition coefficient (Wildman–Crippen LogP) is 2.03. The topological polar surface area (TPSA) is 126 Å². The lowest BCUT2D eigenvalue weighted by molar-refractivity contribution is -0.386. The van der Waals surface area contributed by atoms with Crippen molar-refractivity contribution in [2.45, 2.75) is 20.4 Å². The van der Waals surface area contributed by atoms with Crippen LogP contribution in [-0.2, 0) is 6.54 Å². The number of fused-ring (bicyclic) bond motifs is 1. The molecule has 0 saturated carbocycles. The summed E-state index contributed by atoms with van der Waals surface area (Å²) in [6.07, 6.45) is 3.14. The highest BCUT2D eigenvalue weighted by Gasteiger charge is 2.20. The zero-order valence-corrected chi connectivity index (χ0v) is 13.1. The molecule has 3 aromatic heterocycles. The molecule has 0 aliphatic heterocycles. The van der Waals surface area contributed by atoms with E-state index in [9.17, 15) is 10.1 Å². The van der Waals surface area contributed by atoms with E-state index >= 15 is 0 Å². The van der Waals surface area contributed by atoms with E-state index < -0.39 is 4.92 Å². The molecule has 0 fully saturated rings. The Balaban J connectivity index is 2.10. The highest BCUT2D eigenvalue weighted by Crippen LogP contribution is 2.26. The largest absolute Gasteiger partial charge is 0.368 e. The van der Waals surface area contributed by atoms with Crippen LogP contribution in [0.2, 0.25) is 5.15 Å². The van der Waals surface area contributed by atoms with Crippen LogP contribution in [0.15, 0.2) is 12.5 Å². The van der Waals surface area contributed by atoms with Gasteiger partial charge < -0.3 is 10.3 Å². The monoisotopic (exact) mass is 333 g/mol. The molecule has 3 heterocycles. The highest BCUT2D eigenvalue weighted by atomic mass is 35.5. The maximum Gasteiger partial charge on any atom is 0.293 e. The van der Waals surface area contributed by atoms with Crippen LogP contribution in [0.1, 0.15) is 16.8 Å². The summed E-state index contributed by atoms with van der Waals surface area (Å²) < 4.78 is 1.70. The van der Waals surface area contributed by atoms with E-state index in [0.29, 0.717) is 34.5 Å². The number of anilines is 1. The summed E-state index contributed by atoms with van der Waals surface area (Å²) in [6.45, 7) is 3.61. The summed E-state index contributed by atoms with van der Waals surface area (Å²) in [6, 6.07) is 0. The number of nitrogen functional groups attached to an aromatic ring is 1. The van der Waals surface area contributed by atoms with Crippen LogP contribution in [-0.4, -0.2) is 29.4 Å². The van der Waals surface area contributed by atoms with Gasteiger partial charge in [0.25, 0.3) is 5.69 Å². The van der Waals surface area contributed by atoms with E-state index in [-0.39, 0.29) is 16.8 Å². The molecule has 0 atom stereocenters. The number of aryl methyl sites for hydroxylation is 1. The lowest BCUT2D eigenvalue weighted by Crippen LogP contribution is -2.07. The van der Waals surface area contributed by atoms with Crippen LogP contribution in [0, 0.1) is 24.0 Å². The summed E-state index contributed by atoms with van der Waals surface area (Å²) in [7, 11) is 0. The number of pyridine rings is 1. The average molecular weight is 334 g/mol. The summed E-state index contributed by atoms with van der Waals surface area (Å²) in [5.74, 6) is 0.0361. The van der Waals surface area contributed by atoms with Crippen molar-refractivity contribution in [1.29, 1.82) is 0 Å². The van der Waals surface area contributed by atoms with Crippen molar-refractivity contribution in [2.75, 3.05) is 5.73 Å². The van der Waals surface area contributed by atoms with Crippen molar-refractivity contribution < 1.29 is 4.92 Å². The number of nitro groups is 1. The Morgan fingerprint density at radius 1 is 1.35 bits per heavy atom. The summed E-state index contributed by atoms with van der Waals surface area (Å²) in [5.41, 5.74) is 8.13. The number of imidazole rings is 1. The van der Waals surface area contributed by atoms with Crippen molar-refractivity contribution in [3.8, 4) is 0 Å². The first-order chi connectivity index (χ1) is 10.9. The molecule has 2 N–H and O–H groups in total. The van der Waals surface area contributed by atoms with Gasteiger partial charge in [-0.1, -0.05) is 11.6 Å². The Hall–Kier alpha value is -2.81. The molecule has 0 aromatic carbocycles. The second kappa shape index (κ2) is 5.43. The van der Waals surface area contributed by atoms with Crippen LogP contribution in [0.4, 0.5) is 11.6 Å². The molecule has 0 aliphatic rings. The first-order valence-electron chi connectivity index (χ1n) is 6.61. The van der Waals surface area contributed by atoms with Crippen molar-refractivity contribution >= 4 is 34.4 Å². The molecule has 0 saturated heterocycles. The van der Waals surface area contributed by atoms with E-state index in [1.807, 2.05) is 0 Å². The van der Waals surface area contributed by atoms with E-state index in [4.69, 9.17) is 17.3 Å². The van der Waals surface area contributed by atoms with Gasteiger partial charge >= 0.3 is 0 Å². The van der Waals surface area contributed by atoms with Gasteiger partial charge in [-0.25, -0.2) is 4.98 Å². The average Bonchev–Trinajstić information content (AvgIpc) is 2.85. The first-order valence-corrected chi connectivity index (χ1v) is 6.99. The smallest absolute Gasteiger partial charge is 0.293 e. The minimum absolute atomic E-state index is 0.0130. The molecule has 3 aromatic rings. The minimum Gasteiger partial charge on any atom is -0.368 e. The Labute approximate surface area is 135 Å². The number of rotatable bonds is 3. The Morgan fingerprint density at radius 3 is 2.78 bits per heavy atom. The molecule has 10 heteroatoms. The predicted molar refractivity (Wildman–Crippen MR) is 84.2 cm³/mol. The van der Waals surface area contributed by atoms with Crippen molar-refractivity contribution in [3.63, 3.8) is 0 Å². The summed E-state index contributed by atoms with van der Waals surface area (Å²) in [4.78, 5) is 27.0. The third-order valence-corrected chi connectivity index (χ3v) is 3.82. The number of hydrogen-bond donors (Lipinski definition) is 1. The molecule has 118 valence electrons. The molecule has 0 aliphatic carbocycles. The van der Waals surface area contributed by atoms with E-state index in [1.165, 1.54) is 6.33 Å². The quantitative estimate of drug-likeness (QED) is 0.441. The standard InChI is InChI=1S/C13H12ClN7O2/c1-6-8(3-16-7(2)10(6)21(22)23)4-20-5-17-9-11(14)18-13(15)19-12(9)20/h3,5H,4H2,1-2H3,(H2,15,18,19). The fourth-order valence-corrected chi connectivity index (χ4v) is 2.63. The third kappa shape index (κ3) is 2.55. The van der Waals surface area contributed by atoms with E-state index in [0.717, 1.165) is 0 Å². The zero-order chi connectivity index (χ0) is 16.7. The summed E-state index contributed by atoms with van der Waals surface area (Å²) >= 11 is 5.99. The van der Waals surface area contributed by atoms with Gasteiger partial charge in [0.2, 0.25) is 5.95 Å². The first kappa shape index (κ1) is 15.1. The molecule has 0 bridgehead atoms. The van der Waals surface area contributed by atoms with Crippen LogP contribution in [0.5, 0.6) is 0 Å². The lowest BCUT2D eigenvalue weighted by Gasteiger charge is -2.09. The molecule has 23 heavy (non-hydrogen) atoms. The normalized spacial score (nSPS) is 11.1. The van der Waals surface area contributed by atoms with Crippen molar-refractivity contribution in [2.24, 2.45) is 0 Å². The molecule has 0 amide bonds. The number of nitrogens with two attached hydrogens (primary N) is 1. The van der Waals surface area contributed by atoms with Crippen molar-refractivity contribution in [1.82, 2.24) is 24.5 Å². The lowest BCUT2D eigenvalue weighted by atomic mass is 10.1. The minimum atomic E-state index is -0.426. The Bertz CT molecular complexity index is 938. The molecule has 9 nitrogen and oxygen atoms in total. The van der Waals surface area contributed by atoms with Gasteiger partial charge in [0, 0.05) is 11.8 Å². The van der Waals surface area contributed by atoms with Gasteiger partial charge in [-0.15, -0.1) is 0 Å². The van der Waals surface area contributed by atoms with Crippen LogP contribution < -0.4 is 5.73 Å². The maximum atomic E-state index is 11.2. The van der Waals surface area contributed by atoms with Gasteiger partial charge in [-0.2, -0.15) is 9.97 Å². The zero-order valence-electron chi connectivity index (χ0n) is 12.3. The molecule has 3 rings (SSSR count). The molecular formula is C13H12ClN7O2. The van der Waals surface area contributed by atoms with Gasteiger partial charge in [0.05, 0.1) is 17.8 Å². The molecule has 0 spiro atoms. The number of hydrogen-bond acceptors (Lipinski definition) is 7. The second-order valence-corrected chi connectivity index (χ2v) is 5.37. The van der Waals surface area contributed by atoms with Crippen LogP contribution >= 0.6 is 11.6 Å².